The molecule has 0 radical (unpaired) electrons. The Balaban J connectivity index is 1.76. The van der Waals surface area contributed by atoms with Gasteiger partial charge < -0.3 is 23.8 Å². The van der Waals surface area contributed by atoms with Crippen molar-refractivity contribution in [3.63, 3.8) is 0 Å². The lowest BCUT2D eigenvalue weighted by molar-refractivity contribution is -0.129. The van der Waals surface area contributed by atoms with Gasteiger partial charge in [-0.1, -0.05) is 6.07 Å². The molecular formula is C23H27BrN2O5. The van der Waals surface area contributed by atoms with Gasteiger partial charge in [0, 0.05) is 19.9 Å². The Morgan fingerprint density at radius 2 is 1.97 bits per heavy atom. The second-order valence-corrected chi connectivity index (χ2v) is 7.80. The second-order valence-electron chi connectivity index (χ2n) is 7.01. The SMILES string of the molecule is CCOC(C(=O)CN=Cc1cc(OC)c(Br)c(OC)c1)c1ccc2c(c1)OCCN2C. The maximum Gasteiger partial charge on any atom is 0.187 e. The van der Waals surface area contributed by atoms with E-state index in [1.54, 1.807) is 20.4 Å². The molecule has 166 valence electrons. The summed E-state index contributed by atoms with van der Waals surface area (Å²) in [5, 5.41) is 0. The largest absolute Gasteiger partial charge is 0.495 e. The number of nitrogens with zero attached hydrogens (tertiary/aromatic N) is 2. The molecule has 1 unspecified atom stereocenters. The number of rotatable bonds is 9. The Hall–Kier alpha value is -2.58. The van der Waals surface area contributed by atoms with Gasteiger partial charge in [0.25, 0.3) is 0 Å². The van der Waals surface area contributed by atoms with Crippen LogP contribution in [0.15, 0.2) is 39.8 Å². The number of anilines is 1. The highest BCUT2D eigenvalue weighted by atomic mass is 79.9. The molecule has 8 heteroatoms. The molecule has 0 N–H and O–H groups in total. The van der Waals surface area contributed by atoms with Crippen LogP contribution in [0.3, 0.4) is 0 Å². The average Bonchev–Trinajstić information content (AvgIpc) is 2.78. The molecule has 2 aromatic carbocycles. The summed E-state index contributed by atoms with van der Waals surface area (Å²) in [6, 6.07) is 9.40. The summed E-state index contributed by atoms with van der Waals surface area (Å²) in [6.45, 7) is 3.72. The minimum absolute atomic E-state index is 0.0107. The molecule has 0 spiro atoms. The lowest BCUT2D eigenvalue weighted by Crippen LogP contribution is -2.29. The maximum atomic E-state index is 12.9. The first-order chi connectivity index (χ1) is 15.0. The molecule has 1 aliphatic heterocycles. The van der Waals surface area contributed by atoms with Crippen LogP contribution < -0.4 is 19.1 Å². The minimum atomic E-state index is -0.697. The number of ether oxygens (including phenoxy) is 4. The van der Waals surface area contributed by atoms with Crippen molar-refractivity contribution >= 4 is 33.6 Å². The highest BCUT2D eigenvalue weighted by molar-refractivity contribution is 9.10. The van der Waals surface area contributed by atoms with E-state index in [1.165, 1.54) is 0 Å². The third-order valence-electron chi connectivity index (χ3n) is 4.96. The highest BCUT2D eigenvalue weighted by Crippen LogP contribution is 2.36. The number of Topliss-reactive ketones (excluding diaryl/α,β-unsaturated/α-hetero) is 1. The van der Waals surface area contributed by atoms with Crippen LogP contribution in [-0.2, 0) is 9.53 Å². The van der Waals surface area contributed by atoms with Gasteiger partial charge in [-0.15, -0.1) is 0 Å². The topological polar surface area (TPSA) is 69.6 Å². The number of carbonyl (C=O) groups excluding carboxylic acids is 1. The smallest absolute Gasteiger partial charge is 0.187 e. The summed E-state index contributed by atoms with van der Waals surface area (Å²) < 4.78 is 22.9. The van der Waals surface area contributed by atoms with Gasteiger partial charge in [0.15, 0.2) is 5.78 Å². The molecule has 0 aliphatic carbocycles. The molecule has 1 heterocycles. The summed E-state index contributed by atoms with van der Waals surface area (Å²) >= 11 is 3.44. The summed E-state index contributed by atoms with van der Waals surface area (Å²) in [7, 11) is 5.18. The predicted octanol–water partition coefficient (Wildman–Crippen LogP) is 4.06. The zero-order valence-corrected chi connectivity index (χ0v) is 19.8. The van der Waals surface area contributed by atoms with Gasteiger partial charge in [-0.2, -0.15) is 0 Å². The van der Waals surface area contributed by atoms with Crippen LogP contribution in [0.1, 0.15) is 24.2 Å². The van der Waals surface area contributed by atoms with E-state index in [2.05, 4.69) is 25.8 Å². The van der Waals surface area contributed by atoms with Crippen LogP contribution in [0.5, 0.6) is 17.2 Å². The normalized spacial score (nSPS) is 14.2. The second kappa shape index (κ2) is 10.6. The maximum absolute atomic E-state index is 12.9. The lowest BCUT2D eigenvalue weighted by Gasteiger charge is -2.28. The number of benzene rings is 2. The number of likely N-dealkylation sites (N-methyl/N-ethyl adjacent to an activating group) is 1. The first kappa shape index (κ1) is 23.1. The van der Waals surface area contributed by atoms with Gasteiger partial charge in [0.1, 0.15) is 41.0 Å². The van der Waals surface area contributed by atoms with E-state index < -0.39 is 6.10 Å². The third kappa shape index (κ3) is 5.37. The van der Waals surface area contributed by atoms with Crippen LogP contribution >= 0.6 is 15.9 Å². The minimum Gasteiger partial charge on any atom is -0.495 e. The molecule has 0 saturated heterocycles. The van der Waals surface area contributed by atoms with Crippen LogP contribution in [0, 0.1) is 0 Å². The molecule has 0 fully saturated rings. The van der Waals surface area contributed by atoms with Crippen molar-refractivity contribution in [2.75, 3.05) is 52.5 Å². The first-order valence-electron chi connectivity index (χ1n) is 10.0. The number of carbonyl (C=O) groups is 1. The van der Waals surface area contributed by atoms with Crippen molar-refractivity contribution in [1.82, 2.24) is 0 Å². The Morgan fingerprint density at radius 1 is 1.26 bits per heavy atom. The lowest BCUT2D eigenvalue weighted by atomic mass is 10.0. The molecule has 3 rings (SSSR count). The van der Waals surface area contributed by atoms with Gasteiger partial charge >= 0.3 is 0 Å². The summed E-state index contributed by atoms with van der Waals surface area (Å²) in [5.74, 6) is 1.89. The standard InChI is InChI=1S/C23H27BrN2O5/c1-5-30-23(16-6-7-17-19(12-16)31-9-8-26(17)2)18(27)14-25-13-15-10-20(28-3)22(24)21(11-15)29-4/h6-7,10-13,23H,5,8-9,14H2,1-4H3. The molecule has 0 aromatic heterocycles. The Bertz CT molecular complexity index is 938. The fourth-order valence-electron chi connectivity index (χ4n) is 3.37. The van der Waals surface area contributed by atoms with Crippen LogP contribution in [-0.4, -0.2) is 59.6 Å². The van der Waals surface area contributed by atoms with Crippen molar-refractivity contribution in [2.24, 2.45) is 4.99 Å². The van der Waals surface area contributed by atoms with E-state index in [9.17, 15) is 4.79 Å². The van der Waals surface area contributed by atoms with Gasteiger partial charge in [0.2, 0.25) is 0 Å². The monoisotopic (exact) mass is 490 g/mol. The molecule has 0 bridgehead atoms. The molecular weight excluding hydrogens is 464 g/mol. The Kier molecular flexibility index (Phi) is 7.92. The number of hydrogen-bond donors (Lipinski definition) is 0. The molecule has 0 amide bonds. The number of hydrogen-bond acceptors (Lipinski definition) is 7. The fourth-order valence-corrected chi connectivity index (χ4v) is 3.92. The van der Waals surface area contributed by atoms with Crippen LogP contribution in [0.4, 0.5) is 5.69 Å². The predicted molar refractivity (Wildman–Crippen MR) is 124 cm³/mol. The fraction of sp³-hybridized carbons (Fsp3) is 0.391. The van der Waals surface area contributed by atoms with Gasteiger partial charge in [-0.05, 0) is 58.2 Å². The zero-order valence-electron chi connectivity index (χ0n) is 18.2. The average molecular weight is 491 g/mol. The Morgan fingerprint density at radius 3 is 2.61 bits per heavy atom. The Labute approximate surface area is 191 Å². The quantitative estimate of drug-likeness (QED) is 0.493. The number of aliphatic imine (C=N–C) groups is 1. The van der Waals surface area contributed by atoms with E-state index in [0.717, 1.165) is 33.6 Å². The zero-order chi connectivity index (χ0) is 22.4. The number of ketones is 1. The number of halogens is 1. The van der Waals surface area contributed by atoms with Crippen molar-refractivity contribution < 1.29 is 23.7 Å². The molecule has 1 aliphatic rings. The van der Waals surface area contributed by atoms with Crippen molar-refractivity contribution in [2.45, 2.75) is 13.0 Å². The molecule has 2 aromatic rings. The van der Waals surface area contributed by atoms with Gasteiger partial charge in [0.05, 0.1) is 26.5 Å². The molecule has 31 heavy (non-hydrogen) atoms. The van der Waals surface area contributed by atoms with Crippen LogP contribution in [0.25, 0.3) is 0 Å². The van der Waals surface area contributed by atoms with Gasteiger partial charge in [-0.3, -0.25) is 9.79 Å². The molecule has 0 saturated carbocycles. The van der Waals surface area contributed by atoms with Gasteiger partial charge in [-0.25, -0.2) is 0 Å². The van der Waals surface area contributed by atoms with Crippen LogP contribution in [0.2, 0.25) is 0 Å². The van der Waals surface area contributed by atoms with Crippen molar-refractivity contribution in [3.8, 4) is 17.2 Å². The summed E-state index contributed by atoms with van der Waals surface area (Å²) in [6.07, 6.45) is 0.931. The van der Waals surface area contributed by atoms with Crippen molar-refractivity contribution in [3.05, 3.63) is 45.9 Å². The third-order valence-corrected chi connectivity index (χ3v) is 5.74. The number of methoxy groups -OCH3 is 2. The van der Waals surface area contributed by atoms with E-state index in [0.29, 0.717) is 24.7 Å². The number of fused-ring (bicyclic) bond motifs is 1. The molecule has 1 atom stereocenters. The van der Waals surface area contributed by atoms with E-state index in [1.807, 2.05) is 44.3 Å². The van der Waals surface area contributed by atoms with E-state index in [4.69, 9.17) is 18.9 Å². The summed E-state index contributed by atoms with van der Waals surface area (Å²) in [4.78, 5) is 19.4. The highest BCUT2D eigenvalue weighted by Gasteiger charge is 2.23. The van der Waals surface area contributed by atoms with E-state index in [-0.39, 0.29) is 12.3 Å². The molecule has 7 nitrogen and oxygen atoms in total. The first-order valence-corrected chi connectivity index (χ1v) is 10.8. The van der Waals surface area contributed by atoms with E-state index >= 15 is 0 Å². The van der Waals surface area contributed by atoms with Crippen molar-refractivity contribution in [1.29, 1.82) is 0 Å². The summed E-state index contributed by atoms with van der Waals surface area (Å²) in [5.41, 5.74) is 2.54.